The number of hydrogen-bond acceptors (Lipinski definition) is 1. The molecule has 0 N–H and O–H groups in total. The molecule has 0 aliphatic rings. The van der Waals surface area contributed by atoms with Crippen LogP contribution in [0.2, 0.25) is 5.02 Å². The van der Waals surface area contributed by atoms with Crippen LogP contribution in [-0.2, 0) is 25.7 Å². The third-order valence-corrected chi connectivity index (χ3v) is 5.05. The van der Waals surface area contributed by atoms with Gasteiger partial charge in [-0.1, -0.05) is 67.7 Å². The summed E-state index contributed by atoms with van der Waals surface area (Å²) < 4.78 is 1.50. The molecule has 0 aliphatic carbocycles. The van der Waals surface area contributed by atoms with Crippen molar-refractivity contribution in [3.63, 3.8) is 0 Å². The largest absolute Gasteiger partial charge is 0.338 e. The molecule has 0 atom stereocenters. The van der Waals surface area contributed by atoms with Gasteiger partial charge in [-0.3, -0.25) is 0 Å². The topological polar surface area (TPSA) is 15.4 Å². The molecule has 132 valence electrons. The minimum Gasteiger partial charge on any atom is -0.0839 e. The molecule has 0 radical (unpaired) electrons. The van der Waals surface area contributed by atoms with Crippen LogP contribution >= 0.6 is 23.4 Å². The van der Waals surface area contributed by atoms with Crippen molar-refractivity contribution in [1.29, 1.82) is 0 Å². The highest BCUT2D eigenvalue weighted by molar-refractivity contribution is 6.31. The number of aryl methyl sites for hydroxylation is 3. The second-order valence-electron chi connectivity index (χ2n) is 5.87. The van der Waals surface area contributed by atoms with Gasteiger partial charge >= 0.3 is 6.01 Å². The summed E-state index contributed by atoms with van der Waals surface area (Å²) in [6.07, 6.45) is 3.53. The zero-order chi connectivity index (χ0) is 18.4. The SMILES string of the molecule is CCc1ccc(Cl)c(CC)c1N=C=[N+](Cl)c1c(CC)cccc1CC. The summed E-state index contributed by atoms with van der Waals surface area (Å²) in [5.74, 6) is 0. The van der Waals surface area contributed by atoms with Crippen molar-refractivity contribution in [2.24, 2.45) is 4.99 Å². The molecule has 2 rings (SSSR count). The number of hydrogen-bond donors (Lipinski definition) is 0. The van der Waals surface area contributed by atoms with Gasteiger partial charge in [-0.25, -0.2) is 0 Å². The minimum absolute atomic E-state index is 0.740. The summed E-state index contributed by atoms with van der Waals surface area (Å²) in [4.78, 5) is 4.60. The first-order valence-corrected chi connectivity index (χ1v) is 9.62. The quantitative estimate of drug-likeness (QED) is 0.385. The van der Waals surface area contributed by atoms with Gasteiger partial charge in [0.15, 0.2) is 23.2 Å². The average Bonchev–Trinajstić information content (AvgIpc) is 2.65. The van der Waals surface area contributed by atoms with Crippen molar-refractivity contribution < 1.29 is 4.09 Å². The van der Waals surface area contributed by atoms with E-state index in [0.717, 1.165) is 53.2 Å². The highest BCUT2D eigenvalue weighted by Crippen LogP contribution is 2.32. The molecule has 2 nitrogen and oxygen atoms in total. The van der Waals surface area contributed by atoms with Crippen LogP contribution in [0.15, 0.2) is 35.3 Å². The van der Waals surface area contributed by atoms with Crippen LogP contribution < -0.4 is 0 Å². The lowest BCUT2D eigenvalue weighted by Gasteiger charge is -2.07. The average molecular weight is 376 g/mol. The van der Waals surface area contributed by atoms with E-state index in [1.807, 2.05) is 12.1 Å². The molecule has 0 aromatic heterocycles. The first-order valence-electron chi connectivity index (χ1n) is 8.90. The smallest absolute Gasteiger partial charge is 0.0839 e. The predicted molar refractivity (Wildman–Crippen MR) is 108 cm³/mol. The number of aliphatic imine (C=N–C) groups is 1. The van der Waals surface area contributed by atoms with Crippen molar-refractivity contribution in [3.05, 3.63) is 57.6 Å². The molecule has 25 heavy (non-hydrogen) atoms. The molecule has 0 bridgehead atoms. The molecule has 0 aliphatic heterocycles. The lowest BCUT2D eigenvalue weighted by Crippen LogP contribution is -1.99. The molecule has 0 unspecified atom stereocenters. The molecule has 0 spiro atoms. The van der Waals surface area contributed by atoms with Gasteiger partial charge in [0.25, 0.3) is 0 Å². The van der Waals surface area contributed by atoms with E-state index in [1.165, 1.54) is 15.2 Å². The Hall–Kier alpha value is -1.60. The Labute approximate surface area is 160 Å². The van der Waals surface area contributed by atoms with E-state index in [4.69, 9.17) is 23.4 Å². The van der Waals surface area contributed by atoms with E-state index in [2.05, 4.69) is 56.9 Å². The van der Waals surface area contributed by atoms with Gasteiger partial charge in [-0.2, -0.15) is 0 Å². The zero-order valence-corrected chi connectivity index (χ0v) is 16.9. The highest BCUT2D eigenvalue weighted by Gasteiger charge is 2.16. The number of halogens is 2. The second-order valence-corrected chi connectivity index (χ2v) is 6.61. The van der Waals surface area contributed by atoms with Crippen molar-refractivity contribution in [3.8, 4) is 0 Å². The Morgan fingerprint density at radius 1 is 0.880 bits per heavy atom. The Balaban J connectivity index is 2.64. The molecule has 2 aromatic carbocycles. The summed E-state index contributed by atoms with van der Waals surface area (Å²) in [7, 11) is 0. The first kappa shape index (κ1) is 19.7. The van der Waals surface area contributed by atoms with E-state index in [0.29, 0.717) is 0 Å². The van der Waals surface area contributed by atoms with Crippen LogP contribution in [0.25, 0.3) is 0 Å². The molecule has 0 heterocycles. The van der Waals surface area contributed by atoms with E-state index in [1.54, 1.807) is 0 Å². The summed E-state index contributed by atoms with van der Waals surface area (Å²) in [6.45, 7) is 8.45. The molecule has 4 heteroatoms. The lowest BCUT2D eigenvalue weighted by atomic mass is 10.0. The van der Waals surface area contributed by atoms with E-state index in [-0.39, 0.29) is 0 Å². The maximum atomic E-state index is 6.55. The Morgan fingerprint density at radius 3 is 2.00 bits per heavy atom. The van der Waals surface area contributed by atoms with Crippen LogP contribution in [0.3, 0.4) is 0 Å². The van der Waals surface area contributed by atoms with Crippen molar-refractivity contribution in [2.45, 2.75) is 53.4 Å². The molecule has 0 saturated heterocycles. The van der Waals surface area contributed by atoms with Gasteiger partial charge in [-0.15, -0.1) is 0 Å². The highest BCUT2D eigenvalue weighted by atomic mass is 35.5. The summed E-state index contributed by atoms with van der Waals surface area (Å²) in [6, 6.07) is 13.2. The van der Waals surface area contributed by atoms with E-state index in [9.17, 15) is 0 Å². The third kappa shape index (κ3) is 4.33. The third-order valence-electron chi connectivity index (χ3n) is 4.45. The second kappa shape index (κ2) is 9.20. The molecule has 0 amide bonds. The molecular weight excluding hydrogens is 351 g/mol. The molecule has 2 aromatic rings. The van der Waals surface area contributed by atoms with Crippen molar-refractivity contribution in [1.82, 2.24) is 0 Å². The number of para-hydroxylation sites is 1. The Kier molecular flexibility index (Phi) is 7.25. The summed E-state index contributed by atoms with van der Waals surface area (Å²) in [5.41, 5.74) is 6.44. The number of rotatable bonds is 6. The Morgan fingerprint density at radius 2 is 1.48 bits per heavy atom. The maximum absolute atomic E-state index is 6.55. The maximum Gasteiger partial charge on any atom is 0.338 e. The predicted octanol–water partition coefficient (Wildman–Crippen LogP) is 6.89. The fourth-order valence-corrected chi connectivity index (χ4v) is 3.57. The van der Waals surface area contributed by atoms with Crippen LogP contribution in [0, 0.1) is 0 Å². The van der Waals surface area contributed by atoms with E-state index >= 15 is 0 Å². The van der Waals surface area contributed by atoms with Crippen molar-refractivity contribution >= 4 is 40.8 Å². The number of nitrogens with zero attached hydrogens (tertiary/aromatic N) is 2. The van der Waals surface area contributed by atoms with Crippen LogP contribution in [-0.4, -0.2) is 10.1 Å². The fraction of sp³-hybridized carbons (Fsp3) is 0.381. The van der Waals surface area contributed by atoms with Gasteiger partial charge in [0.1, 0.15) is 0 Å². The van der Waals surface area contributed by atoms with Crippen LogP contribution in [0.1, 0.15) is 49.9 Å². The van der Waals surface area contributed by atoms with Crippen LogP contribution in [0.5, 0.6) is 0 Å². The Bertz CT molecular complexity index is 797. The molecular formula is C21H25Cl2N2+. The minimum atomic E-state index is 0.740. The van der Waals surface area contributed by atoms with E-state index < -0.39 is 0 Å². The monoisotopic (exact) mass is 375 g/mol. The lowest BCUT2D eigenvalue weighted by molar-refractivity contribution is -0.258. The van der Waals surface area contributed by atoms with Crippen molar-refractivity contribution in [2.75, 3.05) is 0 Å². The van der Waals surface area contributed by atoms with Gasteiger partial charge < -0.3 is 0 Å². The molecule has 0 fully saturated rings. The zero-order valence-electron chi connectivity index (χ0n) is 15.4. The van der Waals surface area contributed by atoms with Gasteiger partial charge in [0.05, 0.1) is 0 Å². The fourth-order valence-electron chi connectivity index (χ4n) is 3.03. The van der Waals surface area contributed by atoms with Gasteiger partial charge in [-0.05, 0) is 31.7 Å². The normalized spacial score (nSPS) is 10.5. The molecule has 0 saturated carbocycles. The van der Waals surface area contributed by atoms with Gasteiger partial charge in [0.2, 0.25) is 0 Å². The van der Waals surface area contributed by atoms with Gasteiger partial charge in [0, 0.05) is 32.3 Å². The summed E-state index contributed by atoms with van der Waals surface area (Å²) in [5, 5.41) is 0.740. The van der Waals surface area contributed by atoms with Crippen LogP contribution in [0.4, 0.5) is 11.4 Å². The first-order chi connectivity index (χ1) is 12.1. The summed E-state index contributed by atoms with van der Waals surface area (Å²) >= 11 is 12.9. The number of benzene rings is 2. The standard InChI is InChI=1S/C21H25Cl2N2/c1-5-15-12-13-19(22)18(8-4)20(15)24-14-25(23)21-16(6-2)10-9-11-17(21)7-3/h9-13H,5-8H2,1-4H3/q+1.